The van der Waals surface area contributed by atoms with Gasteiger partial charge < -0.3 is 40.6 Å². The number of likely N-dealkylation sites (tertiary alicyclic amines) is 1. The fraction of sp³-hybridized carbons (Fsp3) is 0.412. The molecule has 5 rings (SSSR count). The molecule has 0 bridgehead atoms. The number of nitrogens with zero attached hydrogens (tertiary/aromatic N) is 4. The molecule has 2 aliphatic heterocycles. The summed E-state index contributed by atoms with van der Waals surface area (Å²) in [5.74, 6) is 1.27. The van der Waals surface area contributed by atoms with Crippen LogP contribution in [0.4, 0.5) is 28.6 Å². The Morgan fingerprint density at radius 2 is 1.89 bits per heavy atom. The van der Waals surface area contributed by atoms with Gasteiger partial charge in [-0.3, -0.25) is 4.79 Å². The Morgan fingerprint density at radius 1 is 1.11 bits per heavy atom. The Hall–Kier alpha value is -4.48. The summed E-state index contributed by atoms with van der Waals surface area (Å²) in [7, 11) is 5.63. The van der Waals surface area contributed by atoms with Crippen molar-refractivity contribution in [3.05, 3.63) is 60.4 Å². The number of methoxy groups -OCH3 is 1. The highest BCUT2D eigenvalue weighted by Crippen LogP contribution is 2.40. The molecule has 2 fully saturated rings. The van der Waals surface area contributed by atoms with E-state index in [1.54, 1.807) is 7.11 Å². The second-order valence-corrected chi connectivity index (χ2v) is 11.5. The van der Waals surface area contributed by atoms with E-state index in [1.807, 2.05) is 43.4 Å². The van der Waals surface area contributed by atoms with Crippen molar-refractivity contribution in [1.29, 1.82) is 5.41 Å². The summed E-state index contributed by atoms with van der Waals surface area (Å²) in [4.78, 5) is 25.3. The van der Waals surface area contributed by atoms with Gasteiger partial charge in [0.1, 0.15) is 24.2 Å². The molecule has 11 heteroatoms. The maximum absolute atomic E-state index is 11.4. The van der Waals surface area contributed by atoms with Crippen molar-refractivity contribution in [2.45, 2.75) is 37.8 Å². The molecule has 2 aromatic carbocycles. The zero-order valence-electron chi connectivity index (χ0n) is 26.4. The van der Waals surface area contributed by atoms with E-state index in [9.17, 15) is 4.79 Å². The molecule has 0 aliphatic carbocycles. The van der Waals surface area contributed by atoms with Gasteiger partial charge in [0, 0.05) is 99.8 Å². The van der Waals surface area contributed by atoms with Crippen LogP contribution in [0.1, 0.15) is 31.2 Å². The lowest BCUT2D eigenvalue weighted by Crippen LogP contribution is -2.48. The lowest BCUT2D eigenvalue weighted by atomic mass is 9.98. The molecule has 2 aliphatic rings. The number of rotatable bonds is 13. The predicted octanol–water partition coefficient (Wildman–Crippen LogP) is 5.18. The summed E-state index contributed by atoms with van der Waals surface area (Å²) in [5.41, 5.74) is 6.34. The first-order valence-electron chi connectivity index (χ1n) is 15.5. The third kappa shape index (κ3) is 7.61. The van der Waals surface area contributed by atoms with Gasteiger partial charge in [0.25, 0.3) is 0 Å². The first-order chi connectivity index (χ1) is 21.9. The van der Waals surface area contributed by atoms with Gasteiger partial charge in [-0.25, -0.2) is 9.97 Å². The Kier molecular flexibility index (Phi) is 10.6. The number of benzene rings is 2. The molecule has 0 unspecified atom stereocenters. The summed E-state index contributed by atoms with van der Waals surface area (Å²) in [6.07, 6.45) is 7.98. The minimum atomic E-state index is 0.329. The van der Waals surface area contributed by atoms with E-state index in [4.69, 9.17) is 14.9 Å². The van der Waals surface area contributed by atoms with Gasteiger partial charge in [-0.05, 0) is 37.8 Å². The molecule has 4 N–H and O–H groups in total. The number of anilines is 5. The second-order valence-electron chi connectivity index (χ2n) is 11.5. The SMILES string of the molecule is C=C(C=O)CNc1cc(Nc2cc(-c3ccc(C=N)c(NC)c3)ncn2)c(OC)cc1N(C)C1CCN(C2CCOCC2)CC1. The highest BCUT2D eigenvalue weighted by atomic mass is 16.5. The number of piperidine rings is 1. The van der Waals surface area contributed by atoms with Crippen LogP contribution < -0.4 is 25.6 Å². The second kappa shape index (κ2) is 15.0. The number of hydrogen-bond acceptors (Lipinski definition) is 11. The Labute approximate surface area is 265 Å². The zero-order chi connectivity index (χ0) is 31.8. The van der Waals surface area contributed by atoms with E-state index in [0.29, 0.717) is 35.8 Å². The van der Waals surface area contributed by atoms with Gasteiger partial charge in [-0.15, -0.1) is 0 Å². The minimum Gasteiger partial charge on any atom is -0.494 e. The van der Waals surface area contributed by atoms with Crippen molar-refractivity contribution in [3.63, 3.8) is 0 Å². The third-order valence-corrected chi connectivity index (χ3v) is 8.83. The van der Waals surface area contributed by atoms with Crippen LogP contribution in [0.3, 0.4) is 0 Å². The normalized spacial score (nSPS) is 16.1. The van der Waals surface area contributed by atoms with E-state index in [2.05, 4.69) is 49.3 Å². The molecular weight excluding hydrogens is 568 g/mol. The third-order valence-electron chi connectivity index (χ3n) is 8.83. The van der Waals surface area contributed by atoms with Crippen LogP contribution in [0.2, 0.25) is 0 Å². The average molecular weight is 613 g/mol. The molecule has 3 aromatic rings. The van der Waals surface area contributed by atoms with Gasteiger partial charge >= 0.3 is 0 Å². The van der Waals surface area contributed by atoms with Gasteiger partial charge in [0.15, 0.2) is 0 Å². The molecule has 45 heavy (non-hydrogen) atoms. The fourth-order valence-corrected chi connectivity index (χ4v) is 6.18. The summed E-state index contributed by atoms with van der Waals surface area (Å²) in [5, 5.41) is 17.6. The van der Waals surface area contributed by atoms with Gasteiger partial charge in [-0.1, -0.05) is 18.7 Å². The molecule has 0 saturated carbocycles. The smallest absolute Gasteiger partial charge is 0.147 e. The van der Waals surface area contributed by atoms with Crippen molar-refractivity contribution in [1.82, 2.24) is 14.9 Å². The standard InChI is InChI=1S/C34H44N8O3/c1-23(21-43)20-37-30-16-31(40-34-17-29(38-22-39-34)24-5-6-25(19-35)28(15-24)36-2)33(44-4)18-32(30)41(3)26-7-11-42(12-8-26)27-9-13-45-14-10-27/h5-6,15-19,21-22,26-27,35-37H,1,7-14,20H2,2-4H3,(H,38,39,40). The number of ether oxygens (including phenoxy) is 2. The molecule has 0 spiro atoms. The van der Waals surface area contributed by atoms with Crippen LogP contribution in [0.25, 0.3) is 11.3 Å². The highest BCUT2D eigenvalue weighted by Gasteiger charge is 2.29. The number of carbonyl (C=O) groups excluding carboxylic acids is 1. The average Bonchev–Trinajstić information content (AvgIpc) is 3.10. The quantitative estimate of drug-likeness (QED) is 0.116. The van der Waals surface area contributed by atoms with E-state index >= 15 is 0 Å². The van der Waals surface area contributed by atoms with Crippen LogP contribution in [-0.2, 0) is 9.53 Å². The number of nitrogens with one attached hydrogen (secondary N) is 4. The van der Waals surface area contributed by atoms with Crippen LogP contribution in [0, 0.1) is 5.41 Å². The van der Waals surface area contributed by atoms with Gasteiger partial charge in [0.2, 0.25) is 0 Å². The summed E-state index contributed by atoms with van der Waals surface area (Å²) in [6, 6.07) is 12.7. The van der Waals surface area contributed by atoms with Gasteiger partial charge in [0.05, 0.1) is 29.9 Å². The Balaban J connectivity index is 1.39. The predicted molar refractivity (Wildman–Crippen MR) is 182 cm³/mol. The lowest BCUT2D eigenvalue weighted by molar-refractivity contribution is -0.104. The van der Waals surface area contributed by atoms with Crippen LogP contribution in [0.5, 0.6) is 5.75 Å². The summed E-state index contributed by atoms with van der Waals surface area (Å²) >= 11 is 0. The Morgan fingerprint density at radius 3 is 2.58 bits per heavy atom. The van der Waals surface area contributed by atoms with Crippen molar-refractivity contribution in [3.8, 4) is 17.0 Å². The molecule has 3 heterocycles. The maximum Gasteiger partial charge on any atom is 0.147 e. The summed E-state index contributed by atoms with van der Waals surface area (Å²) in [6.45, 7) is 8.04. The van der Waals surface area contributed by atoms with Crippen molar-refractivity contribution >= 4 is 41.1 Å². The van der Waals surface area contributed by atoms with E-state index in [0.717, 1.165) is 97.8 Å². The number of aromatic nitrogens is 2. The van der Waals surface area contributed by atoms with E-state index in [1.165, 1.54) is 12.5 Å². The molecule has 238 valence electrons. The highest BCUT2D eigenvalue weighted by molar-refractivity contribution is 5.88. The van der Waals surface area contributed by atoms with Crippen molar-refractivity contribution in [2.75, 3.05) is 74.9 Å². The molecule has 0 radical (unpaired) electrons. The first kappa shape index (κ1) is 31.9. The number of aldehydes is 1. The summed E-state index contributed by atoms with van der Waals surface area (Å²) < 4.78 is 11.5. The topological polar surface area (TPSA) is 128 Å². The first-order valence-corrected chi connectivity index (χ1v) is 15.5. The zero-order valence-corrected chi connectivity index (χ0v) is 26.4. The number of hydrogen-bond donors (Lipinski definition) is 4. The lowest BCUT2D eigenvalue weighted by Gasteiger charge is -2.42. The molecular formula is C34H44N8O3. The van der Waals surface area contributed by atoms with Gasteiger partial charge in [-0.2, -0.15) is 0 Å². The van der Waals surface area contributed by atoms with Crippen molar-refractivity contribution in [2.24, 2.45) is 0 Å². The van der Waals surface area contributed by atoms with Crippen molar-refractivity contribution < 1.29 is 14.3 Å². The maximum atomic E-state index is 11.4. The Bertz CT molecular complexity index is 1500. The molecule has 0 atom stereocenters. The molecule has 2 saturated heterocycles. The monoisotopic (exact) mass is 612 g/mol. The van der Waals surface area contributed by atoms with Crippen LogP contribution >= 0.6 is 0 Å². The molecule has 0 amide bonds. The van der Waals surface area contributed by atoms with Crippen LogP contribution in [0.15, 0.2) is 54.9 Å². The van der Waals surface area contributed by atoms with E-state index < -0.39 is 0 Å². The molecule has 11 nitrogen and oxygen atoms in total. The fourth-order valence-electron chi connectivity index (χ4n) is 6.18. The minimum absolute atomic E-state index is 0.329. The van der Waals surface area contributed by atoms with E-state index in [-0.39, 0.29) is 0 Å². The number of carbonyl (C=O) groups is 1. The van der Waals surface area contributed by atoms with Crippen LogP contribution in [-0.4, -0.2) is 93.5 Å². The largest absolute Gasteiger partial charge is 0.494 e. The molecule has 1 aromatic heterocycles.